The van der Waals surface area contributed by atoms with Gasteiger partial charge in [-0.25, -0.2) is 0 Å². The van der Waals surface area contributed by atoms with Gasteiger partial charge >= 0.3 is 0 Å². The summed E-state index contributed by atoms with van der Waals surface area (Å²) in [6, 6.07) is 7.56. The first kappa shape index (κ1) is 15.0. The van der Waals surface area contributed by atoms with Crippen LogP contribution in [0.3, 0.4) is 0 Å². The lowest BCUT2D eigenvalue weighted by Crippen LogP contribution is -2.25. The van der Waals surface area contributed by atoms with E-state index in [0.717, 1.165) is 16.6 Å². The molecule has 0 fully saturated rings. The molecule has 3 nitrogen and oxygen atoms in total. The number of hydrogen-bond donors (Lipinski definition) is 2. The molecule has 0 saturated carbocycles. The van der Waals surface area contributed by atoms with Crippen LogP contribution in [0.15, 0.2) is 22.7 Å². The fraction of sp³-hybridized carbons (Fsp3) is 0.500. The lowest BCUT2D eigenvalue weighted by atomic mass is 9.89. The molecule has 98 valence electrons. The summed E-state index contributed by atoms with van der Waals surface area (Å²) in [6.07, 6.45) is 0.297. The van der Waals surface area contributed by atoms with Crippen LogP contribution in [0.25, 0.3) is 0 Å². The minimum absolute atomic E-state index is 0.0937. The predicted molar refractivity (Wildman–Crippen MR) is 77.4 cm³/mol. The van der Waals surface area contributed by atoms with E-state index in [1.165, 1.54) is 0 Å². The molecule has 0 radical (unpaired) electrons. The van der Waals surface area contributed by atoms with Crippen LogP contribution in [0.1, 0.15) is 32.8 Å². The van der Waals surface area contributed by atoms with Crippen LogP contribution in [0.2, 0.25) is 0 Å². The normalized spacial score (nSPS) is 12.9. The van der Waals surface area contributed by atoms with Gasteiger partial charge in [0, 0.05) is 11.0 Å². The highest BCUT2D eigenvalue weighted by molar-refractivity contribution is 9.10. The van der Waals surface area contributed by atoms with Crippen molar-refractivity contribution >= 4 is 21.6 Å². The average molecular weight is 311 g/mol. The van der Waals surface area contributed by atoms with Crippen LogP contribution in [0.5, 0.6) is 0 Å². The summed E-state index contributed by atoms with van der Waals surface area (Å²) >= 11 is 3.37. The van der Waals surface area contributed by atoms with E-state index < -0.39 is 6.10 Å². The van der Waals surface area contributed by atoms with Crippen molar-refractivity contribution < 1.29 is 5.11 Å². The number of anilines is 1. The van der Waals surface area contributed by atoms with Crippen LogP contribution in [-0.4, -0.2) is 17.8 Å². The lowest BCUT2D eigenvalue weighted by Gasteiger charge is -2.23. The minimum atomic E-state index is -0.421. The van der Waals surface area contributed by atoms with Crippen molar-refractivity contribution in [2.45, 2.75) is 33.3 Å². The summed E-state index contributed by atoms with van der Waals surface area (Å²) in [5.41, 5.74) is 1.43. The third kappa shape index (κ3) is 5.07. The average Bonchev–Trinajstić information content (AvgIpc) is 2.24. The van der Waals surface area contributed by atoms with Crippen molar-refractivity contribution in [2.24, 2.45) is 5.41 Å². The standard InChI is InChI=1S/C14H19BrN2O/c1-14(2,3)7-12(18)9-17-13-6-11(15)5-4-10(13)8-16/h4-6,12,17-18H,7,9H2,1-3H3. The van der Waals surface area contributed by atoms with Crippen molar-refractivity contribution in [3.05, 3.63) is 28.2 Å². The Balaban J connectivity index is 2.64. The maximum atomic E-state index is 9.92. The summed E-state index contributed by atoms with van der Waals surface area (Å²) in [7, 11) is 0. The second kappa shape index (κ2) is 6.21. The van der Waals surface area contributed by atoms with Gasteiger partial charge in [-0.05, 0) is 30.0 Å². The molecular formula is C14H19BrN2O. The highest BCUT2D eigenvalue weighted by Crippen LogP contribution is 2.23. The Morgan fingerprint density at radius 3 is 2.67 bits per heavy atom. The number of nitrogens with one attached hydrogen (secondary N) is 1. The van der Waals surface area contributed by atoms with Gasteiger partial charge in [-0.2, -0.15) is 5.26 Å². The molecule has 0 saturated heterocycles. The Labute approximate surface area is 117 Å². The maximum absolute atomic E-state index is 9.92. The monoisotopic (exact) mass is 310 g/mol. The molecule has 4 heteroatoms. The minimum Gasteiger partial charge on any atom is -0.391 e. The predicted octanol–water partition coefficient (Wildman–Crippen LogP) is 3.53. The van der Waals surface area contributed by atoms with Gasteiger partial charge in [0.1, 0.15) is 6.07 Å². The molecular weight excluding hydrogens is 292 g/mol. The smallest absolute Gasteiger partial charge is 0.101 e. The van der Waals surface area contributed by atoms with Gasteiger partial charge in [0.05, 0.1) is 17.4 Å². The number of nitriles is 1. The Kier molecular flexibility index (Phi) is 5.18. The van der Waals surface area contributed by atoms with Crippen molar-refractivity contribution in [1.29, 1.82) is 5.26 Å². The van der Waals surface area contributed by atoms with E-state index in [0.29, 0.717) is 12.1 Å². The Morgan fingerprint density at radius 1 is 1.44 bits per heavy atom. The molecule has 0 aliphatic heterocycles. The molecule has 0 aromatic heterocycles. The van der Waals surface area contributed by atoms with Crippen LogP contribution in [0.4, 0.5) is 5.69 Å². The van der Waals surface area contributed by atoms with Crippen LogP contribution >= 0.6 is 15.9 Å². The summed E-state index contributed by atoms with van der Waals surface area (Å²) in [4.78, 5) is 0. The van der Waals surface area contributed by atoms with Gasteiger partial charge in [-0.15, -0.1) is 0 Å². The van der Waals surface area contributed by atoms with Gasteiger partial charge in [-0.3, -0.25) is 0 Å². The summed E-state index contributed by atoms with van der Waals surface area (Å²) in [5, 5.41) is 22.0. The molecule has 18 heavy (non-hydrogen) atoms. The van der Waals surface area contributed by atoms with Crippen LogP contribution < -0.4 is 5.32 Å². The van der Waals surface area contributed by atoms with Gasteiger partial charge < -0.3 is 10.4 Å². The Morgan fingerprint density at radius 2 is 2.11 bits per heavy atom. The van der Waals surface area contributed by atoms with Crippen LogP contribution in [0, 0.1) is 16.7 Å². The molecule has 0 aliphatic carbocycles. The van der Waals surface area contributed by atoms with Gasteiger partial charge in [0.25, 0.3) is 0 Å². The second-order valence-electron chi connectivity index (χ2n) is 5.60. The zero-order valence-electron chi connectivity index (χ0n) is 11.0. The molecule has 0 spiro atoms. The van der Waals surface area contributed by atoms with Crippen molar-refractivity contribution in [3.8, 4) is 6.07 Å². The third-order valence-corrected chi connectivity index (χ3v) is 2.97. The molecule has 1 unspecified atom stereocenters. The number of rotatable bonds is 4. The summed E-state index contributed by atoms with van der Waals surface area (Å²) in [5.74, 6) is 0. The maximum Gasteiger partial charge on any atom is 0.101 e. The molecule has 0 bridgehead atoms. The third-order valence-electron chi connectivity index (χ3n) is 2.48. The zero-order chi connectivity index (χ0) is 13.8. The quantitative estimate of drug-likeness (QED) is 0.894. The van der Waals surface area contributed by atoms with E-state index in [4.69, 9.17) is 5.26 Å². The van der Waals surface area contributed by atoms with E-state index in [-0.39, 0.29) is 5.41 Å². The van der Waals surface area contributed by atoms with E-state index in [2.05, 4.69) is 48.1 Å². The van der Waals surface area contributed by atoms with Crippen molar-refractivity contribution in [2.75, 3.05) is 11.9 Å². The van der Waals surface area contributed by atoms with Crippen molar-refractivity contribution in [3.63, 3.8) is 0 Å². The molecule has 1 aromatic carbocycles. The number of halogens is 1. The van der Waals surface area contributed by atoms with E-state index in [9.17, 15) is 5.11 Å². The molecule has 0 amide bonds. The number of benzene rings is 1. The molecule has 0 aliphatic rings. The van der Waals surface area contributed by atoms with E-state index in [1.807, 2.05) is 12.1 Å². The Bertz CT molecular complexity index is 446. The number of nitrogens with zero attached hydrogens (tertiary/aromatic N) is 1. The fourth-order valence-corrected chi connectivity index (χ4v) is 2.13. The topological polar surface area (TPSA) is 56.0 Å². The van der Waals surface area contributed by atoms with Gasteiger partial charge in [0.2, 0.25) is 0 Å². The first-order valence-electron chi connectivity index (χ1n) is 5.93. The highest BCUT2D eigenvalue weighted by Gasteiger charge is 2.16. The number of aliphatic hydroxyl groups excluding tert-OH is 1. The van der Waals surface area contributed by atoms with Gasteiger partial charge in [0.15, 0.2) is 0 Å². The molecule has 0 heterocycles. The van der Waals surface area contributed by atoms with Crippen molar-refractivity contribution in [1.82, 2.24) is 0 Å². The van der Waals surface area contributed by atoms with E-state index >= 15 is 0 Å². The fourth-order valence-electron chi connectivity index (χ4n) is 1.77. The van der Waals surface area contributed by atoms with Crippen LogP contribution in [-0.2, 0) is 0 Å². The molecule has 2 N–H and O–H groups in total. The number of aliphatic hydroxyl groups is 1. The largest absolute Gasteiger partial charge is 0.391 e. The first-order valence-corrected chi connectivity index (χ1v) is 6.73. The lowest BCUT2D eigenvalue weighted by molar-refractivity contribution is 0.132. The second-order valence-corrected chi connectivity index (χ2v) is 6.52. The molecule has 1 atom stereocenters. The highest BCUT2D eigenvalue weighted by atomic mass is 79.9. The molecule has 1 aromatic rings. The zero-order valence-corrected chi connectivity index (χ0v) is 12.6. The van der Waals surface area contributed by atoms with Gasteiger partial charge in [-0.1, -0.05) is 36.7 Å². The number of hydrogen-bond acceptors (Lipinski definition) is 3. The Hall–Kier alpha value is -1.05. The summed E-state index contributed by atoms with van der Waals surface area (Å²) in [6.45, 7) is 6.73. The first-order chi connectivity index (χ1) is 8.31. The molecule has 1 rings (SSSR count). The summed E-state index contributed by atoms with van der Waals surface area (Å²) < 4.78 is 0.911. The SMILES string of the molecule is CC(C)(C)CC(O)CNc1cc(Br)ccc1C#N. The van der Waals surface area contributed by atoms with E-state index in [1.54, 1.807) is 6.07 Å².